The van der Waals surface area contributed by atoms with Crippen LogP contribution in [0.3, 0.4) is 0 Å². The summed E-state index contributed by atoms with van der Waals surface area (Å²) in [5.74, 6) is 0.853. The molecule has 6 heteroatoms. The number of hydrogen-bond acceptors (Lipinski definition) is 4. The Morgan fingerprint density at radius 2 is 2.00 bits per heavy atom. The van der Waals surface area contributed by atoms with Crippen molar-refractivity contribution in [2.75, 3.05) is 13.2 Å². The van der Waals surface area contributed by atoms with E-state index in [0.29, 0.717) is 13.2 Å². The molecule has 1 heterocycles. The lowest BCUT2D eigenvalue weighted by atomic mass is 10.1. The maximum Gasteiger partial charge on any atom is 0.345 e. The van der Waals surface area contributed by atoms with E-state index in [1.54, 1.807) is 7.05 Å². The average Bonchev–Trinajstić information content (AvgIpc) is 2.80. The first-order chi connectivity index (χ1) is 10.2. The molecule has 0 amide bonds. The van der Waals surface area contributed by atoms with Crippen LogP contribution in [-0.2, 0) is 13.6 Å². The normalized spacial score (nSPS) is 12.3. The van der Waals surface area contributed by atoms with Gasteiger partial charge in [-0.1, -0.05) is 19.1 Å². The van der Waals surface area contributed by atoms with E-state index < -0.39 is 0 Å². The Hall–Kier alpha value is -2.08. The van der Waals surface area contributed by atoms with Crippen LogP contribution in [0.4, 0.5) is 0 Å². The molecule has 1 unspecified atom stereocenters. The molecule has 2 aromatic rings. The van der Waals surface area contributed by atoms with Crippen molar-refractivity contribution >= 4 is 0 Å². The Labute approximate surface area is 124 Å². The van der Waals surface area contributed by atoms with E-state index >= 15 is 0 Å². The minimum Gasteiger partial charge on any atom is -0.494 e. The van der Waals surface area contributed by atoms with Gasteiger partial charge in [0.2, 0.25) is 0 Å². The quantitative estimate of drug-likeness (QED) is 0.836. The maximum absolute atomic E-state index is 11.9. The Kier molecular flexibility index (Phi) is 5.16. The van der Waals surface area contributed by atoms with Crippen LogP contribution < -0.4 is 15.7 Å². The van der Waals surface area contributed by atoms with Crippen LogP contribution in [0.5, 0.6) is 5.75 Å². The fraction of sp³-hybridized carbons (Fsp3) is 0.467. The van der Waals surface area contributed by atoms with Crippen molar-refractivity contribution in [3.05, 3.63) is 46.6 Å². The smallest absolute Gasteiger partial charge is 0.345 e. The summed E-state index contributed by atoms with van der Waals surface area (Å²) in [6.07, 6.45) is 1.53. The van der Waals surface area contributed by atoms with E-state index in [0.717, 1.165) is 17.9 Å². The molecule has 0 saturated heterocycles. The van der Waals surface area contributed by atoms with E-state index in [1.807, 2.05) is 38.1 Å². The average molecular weight is 290 g/mol. The van der Waals surface area contributed by atoms with Crippen molar-refractivity contribution < 1.29 is 4.74 Å². The molecule has 0 spiro atoms. The summed E-state index contributed by atoms with van der Waals surface area (Å²) in [5, 5.41) is 7.50. The highest BCUT2D eigenvalue weighted by Gasteiger charge is 2.13. The van der Waals surface area contributed by atoms with Crippen LogP contribution in [0.15, 0.2) is 35.4 Å². The third-order valence-corrected chi connectivity index (χ3v) is 3.29. The first kappa shape index (κ1) is 15.3. The second kappa shape index (κ2) is 7.08. The van der Waals surface area contributed by atoms with Crippen molar-refractivity contribution in [2.24, 2.45) is 7.05 Å². The highest BCUT2D eigenvalue weighted by Crippen LogP contribution is 2.19. The molecular weight excluding hydrogens is 268 g/mol. The van der Waals surface area contributed by atoms with Gasteiger partial charge in [0.05, 0.1) is 19.2 Å². The summed E-state index contributed by atoms with van der Waals surface area (Å²) in [4.78, 5) is 11.9. The Balaban J connectivity index is 2.18. The largest absolute Gasteiger partial charge is 0.494 e. The molecule has 21 heavy (non-hydrogen) atoms. The molecule has 0 radical (unpaired) electrons. The van der Waals surface area contributed by atoms with Crippen LogP contribution in [-0.4, -0.2) is 27.5 Å². The summed E-state index contributed by atoms with van der Waals surface area (Å²) in [7, 11) is 1.70. The zero-order valence-electron chi connectivity index (χ0n) is 12.7. The molecule has 1 atom stereocenters. The third kappa shape index (κ3) is 3.72. The highest BCUT2D eigenvalue weighted by molar-refractivity contribution is 5.29. The summed E-state index contributed by atoms with van der Waals surface area (Å²) in [5.41, 5.74) is 1.00. The van der Waals surface area contributed by atoms with Crippen LogP contribution in [0.25, 0.3) is 0 Å². The van der Waals surface area contributed by atoms with Gasteiger partial charge >= 0.3 is 5.69 Å². The molecule has 1 aromatic heterocycles. The Morgan fingerprint density at radius 1 is 1.29 bits per heavy atom. The number of aryl methyl sites for hydroxylation is 1. The molecular formula is C15H22N4O2. The van der Waals surface area contributed by atoms with E-state index in [4.69, 9.17) is 4.74 Å². The lowest BCUT2D eigenvalue weighted by molar-refractivity contribution is 0.340. The van der Waals surface area contributed by atoms with Crippen molar-refractivity contribution in [3.8, 4) is 5.75 Å². The van der Waals surface area contributed by atoms with Crippen molar-refractivity contribution in [2.45, 2.75) is 26.4 Å². The summed E-state index contributed by atoms with van der Waals surface area (Å²) < 4.78 is 8.40. The van der Waals surface area contributed by atoms with Gasteiger partial charge in [-0.3, -0.25) is 4.57 Å². The highest BCUT2D eigenvalue weighted by atomic mass is 16.5. The Morgan fingerprint density at radius 3 is 2.52 bits per heavy atom. The van der Waals surface area contributed by atoms with Crippen molar-refractivity contribution in [1.82, 2.24) is 19.7 Å². The first-order valence-corrected chi connectivity index (χ1v) is 7.20. The summed E-state index contributed by atoms with van der Waals surface area (Å²) >= 11 is 0. The molecule has 1 aromatic carbocycles. The van der Waals surface area contributed by atoms with Gasteiger partial charge in [-0.15, -0.1) is 0 Å². The van der Waals surface area contributed by atoms with Gasteiger partial charge < -0.3 is 10.1 Å². The van der Waals surface area contributed by atoms with Crippen LogP contribution in [0.1, 0.15) is 25.5 Å². The second-order valence-corrected chi connectivity index (χ2v) is 4.82. The van der Waals surface area contributed by atoms with E-state index in [-0.39, 0.29) is 11.7 Å². The summed E-state index contributed by atoms with van der Waals surface area (Å²) in [6, 6.07) is 7.98. The number of nitrogens with one attached hydrogen (secondary N) is 1. The zero-order chi connectivity index (χ0) is 15.2. The number of ether oxygens (including phenoxy) is 1. The standard InChI is InChI=1S/C15H22N4O2/c1-4-16-14(10-19-15(20)18(3)11-17-19)12-6-8-13(9-7-12)21-5-2/h6-9,11,14,16H,4-5,10H2,1-3H3. The fourth-order valence-corrected chi connectivity index (χ4v) is 2.22. The lowest BCUT2D eigenvalue weighted by Gasteiger charge is -2.18. The summed E-state index contributed by atoms with van der Waals surface area (Å²) in [6.45, 7) is 5.98. The van der Waals surface area contributed by atoms with Crippen LogP contribution >= 0.6 is 0 Å². The van der Waals surface area contributed by atoms with Crippen molar-refractivity contribution in [1.29, 1.82) is 0 Å². The number of benzene rings is 1. The molecule has 1 N–H and O–H groups in total. The number of hydrogen-bond donors (Lipinski definition) is 1. The van der Waals surface area contributed by atoms with Crippen LogP contribution in [0, 0.1) is 0 Å². The number of nitrogens with zero attached hydrogens (tertiary/aromatic N) is 3. The molecule has 0 fully saturated rings. The molecule has 6 nitrogen and oxygen atoms in total. The van der Waals surface area contributed by atoms with Gasteiger partial charge in [-0.2, -0.15) is 5.10 Å². The minimum atomic E-state index is -0.108. The van der Waals surface area contributed by atoms with Crippen LogP contribution in [0.2, 0.25) is 0 Å². The van der Waals surface area contributed by atoms with Gasteiger partial charge in [-0.25, -0.2) is 9.48 Å². The number of rotatable bonds is 7. The SMILES string of the molecule is CCNC(Cn1ncn(C)c1=O)c1ccc(OCC)cc1. The molecule has 0 aliphatic heterocycles. The molecule has 2 rings (SSSR count). The number of likely N-dealkylation sites (N-methyl/N-ethyl adjacent to an activating group) is 1. The topological polar surface area (TPSA) is 61.1 Å². The van der Waals surface area contributed by atoms with E-state index in [9.17, 15) is 4.79 Å². The second-order valence-electron chi connectivity index (χ2n) is 4.82. The Bertz CT molecular complexity index is 615. The van der Waals surface area contributed by atoms with Crippen molar-refractivity contribution in [3.63, 3.8) is 0 Å². The van der Waals surface area contributed by atoms with Gasteiger partial charge in [-0.05, 0) is 31.2 Å². The monoisotopic (exact) mass is 290 g/mol. The maximum atomic E-state index is 11.9. The molecule has 0 bridgehead atoms. The zero-order valence-corrected chi connectivity index (χ0v) is 12.7. The predicted octanol–water partition coefficient (Wildman–Crippen LogP) is 1.33. The fourth-order valence-electron chi connectivity index (χ4n) is 2.22. The molecule has 0 aliphatic rings. The van der Waals surface area contributed by atoms with Gasteiger partial charge in [0.15, 0.2) is 0 Å². The number of aromatic nitrogens is 3. The molecule has 0 saturated carbocycles. The molecule has 0 aliphatic carbocycles. The first-order valence-electron chi connectivity index (χ1n) is 7.20. The van der Waals surface area contributed by atoms with Gasteiger partial charge in [0.25, 0.3) is 0 Å². The van der Waals surface area contributed by atoms with Gasteiger partial charge in [0.1, 0.15) is 12.1 Å². The van der Waals surface area contributed by atoms with E-state index in [1.165, 1.54) is 15.6 Å². The minimum absolute atomic E-state index is 0.0401. The van der Waals surface area contributed by atoms with Gasteiger partial charge in [0, 0.05) is 7.05 Å². The third-order valence-electron chi connectivity index (χ3n) is 3.29. The van der Waals surface area contributed by atoms with E-state index in [2.05, 4.69) is 10.4 Å². The predicted molar refractivity (Wildman–Crippen MR) is 81.5 cm³/mol. The lowest BCUT2D eigenvalue weighted by Crippen LogP contribution is -2.31. The molecule has 114 valence electrons.